The smallest absolute Gasteiger partial charge is 0.350 e. The normalized spacial score (nSPS) is 13.2. The van der Waals surface area contributed by atoms with E-state index in [4.69, 9.17) is 5.73 Å². The lowest BCUT2D eigenvalue weighted by atomic mass is 10.2. The number of nitrogens with one attached hydrogen (secondary N) is 1. The number of nitrogens with two attached hydrogens (primary N) is 1. The van der Waals surface area contributed by atoms with Crippen LogP contribution >= 0.6 is 0 Å². The molecule has 4 nitrogen and oxygen atoms in total. The fourth-order valence-corrected chi connectivity index (χ4v) is 1.18. The van der Waals surface area contributed by atoms with Gasteiger partial charge in [-0.25, -0.2) is 4.39 Å². The molecule has 0 saturated heterocycles. The molecule has 0 spiro atoms. The molecule has 0 aromatic heterocycles. The standard InChI is InChI=1S/C11H13F3N2O2/c1-18-11(13,14)9(15)10(17)16-6-7-2-4-8(12)5-3-7/h2-5,9H,6,15H2,1H3,(H,16,17). The SMILES string of the molecule is COC(F)(F)C(N)C(=O)NCc1ccc(F)cc1. The van der Waals surface area contributed by atoms with E-state index >= 15 is 0 Å². The fraction of sp³-hybridized carbons (Fsp3) is 0.364. The van der Waals surface area contributed by atoms with Crippen molar-refractivity contribution >= 4 is 5.91 Å². The molecule has 7 heteroatoms. The van der Waals surface area contributed by atoms with E-state index in [0.29, 0.717) is 5.56 Å². The Morgan fingerprint density at radius 3 is 2.50 bits per heavy atom. The zero-order valence-electron chi connectivity index (χ0n) is 9.62. The van der Waals surface area contributed by atoms with E-state index in [-0.39, 0.29) is 6.54 Å². The van der Waals surface area contributed by atoms with Crippen molar-refractivity contribution in [3.63, 3.8) is 0 Å². The summed E-state index contributed by atoms with van der Waals surface area (Å²) in [4.78, 5) is 11.3. The molecule has 1 aromatic rings. The highest BCUT2D eigenvalue weighted by molar-refractivity contribution is 5.82. The Kier molecular flexibility index (Phi) is 4.69. The van der Waals surface area contributed by atoms with E-state index in [0.717, 1.165) is 7.11 Å². The maximum absolute atomic E-state index is 12.9. The first kappa shape index (κ1) is 14.5. The molecule has 0 radical (unpaired) electrons. The molecule has 1 unspecified atom stereocenters. The van der Waals surface area contributed by atoms with Crippen molar-refractivity contribution in [1.29, 1.82) is 0 Å². The van der Waals surface area contributed by atoms with Gasteiger partial charge in [-0.15, -0.1) is 0 Å². The number of carbonyl (C=O) groups is 1. The first-order valence-electron chi connectivity index (χ1n) is 5.07. The lowest BCUT2D eigenvalue weighted by Gasteiger charge is -2.20. The minimum atomic E-state index is -3.73. The Bertz CT molecular complexity index is 409. The zero-order chi connectivity index (χ0) is 13.8. The van der Waals surface area contributed by atoms with Gasteiger partial charge in [-0.05, 0) is 17.7 Å². The molecule has 3 N–H and O–H groups in total. The molecule has 0 heterocycles. The van der Waals surface area contributed by atoms with Crippen molar-refractivity contribution in [3.8, 4) is 0 Å². The third-order valence-corrected chi connectivity index (χ3v) is 2.30. The van der Waals surface area contributed by atoms with Gasteiger partial charge in [-0.1, -0.05) is 12.1 Å². The molecule has 1 rings (SSSR count). The van der Waals surface area contributed by atoms with Crippen molar-refractivity contribution < 1.29 is 22.7 Å². The summed E-state index contributed by atoms with van der Waals surface area (Å²) in [6, 6.07) is 3.16. The Morgan fingerprint density at radius 1 is 1.44 bits per heavy atom. The van der Waals surface area contributed by atoms with Crippen molar-refractivity contribution in [1.82, 2.24) is 5.32 Å². The largest absolute Gasteiger partial charge is 0.379 e. The second-order valence-electron chi connectivity index (χ2n) is 3.59. The predicted octanol–water partition coefficient (Wildman–Crippen LogP) is 1.01. The van der Waals surface area contributed by atoms with E-state index < -0.39 is 23.9 Å². The summed E-state index contributed by atoms with van der Waals surface area (Å²) >= 11 is 0. The number of hydrogen-bond donors (Lipinski definition) is 2. The van der Waals surface area contributed by atoms with Crippen LogP contribution in [-0.4, -0.2) is 25.2 Å². The van der Waals surface area contributed by atoms with Crippen LogP contribution in [0.1, 0.15) is 5.56 Å². The molecule has 0 aliphatic carbocycles. The molecule has 100 valence electrons. The predicted molar refractivity (Wildman–Crippen MR) is 58.2 cm³/mol. The minimum Gasteiger partial charge on any atom is -0.350 e. The summed E-state index contributed by atoms with van der Waals surface area (Å²) < 4.78 is 42.2. The molecule has 1 atom stereocenters. The molecular weight excluding hydrogens is 249 g/mol. The minimum absolute atomic E-state index is 0.0212. The van der Waals surface area contributed by atoms with Gasteiger partial charge in [0.05, 0.1) is 0 Å². The summed E-state index contributed by atoms with van der Waals surface area (Å²) in [5.74, 6) is -1.47. The number of benzene rings is 1. The summed E-state index contributed by atoms with van der Waals surface area (Å²) in [6.45, 7) is -0.0212. The molecule has 1 aromatic carbocycles. The van der Waals surface area contributed by atoms with E-state index in [1.807, 2.05) is 0 Å². The van der Waals surface area contributed by atoms with Crippen LogP contribution < -0.4 is 11.1 Å². The number of carbonyl (C=O) groups excluding carboxylic acids is 1. The Hall–Kier alpha value is -1.60. The van der Waals surface area contributed by atoms with Crippen molar-refractivity contribution in [3.05, 3.63) is 35.6 Å². The number of halogens is 3. The molecule has 18 heavy (non-hydrogen) atoms. The van der Waals surface area contributed by atoms with Gasteiger partial charge in [0.2, 0.25) is 5.91 Å². The van der Waals surface area contributed by atoms with Crippen LogP contribution in [0, 0.1) is 5.82 Å². The van der Waals surface area contributed by atoms with Crippen LogP contribution in [0.5, 0.6) is 0 Å². The molecule has 0 aliphatic rings. The van der Waals surface area contributed by atoms with E-state index in [2.05, 4.69) is 10.1 Å². The lowest BCUT2D eigenvalue weighted by Crippen LogP contribution is -2.52. The molecule has 0 saturated carbocycles. The van der Waals surface area contributed by atoms with Gasteiger partial charge >= 0.3 is 6.11 Å². The molecular formula is C11H13F3N2O2. The highest BCUT2D eigenvalue weighted by atomic mass is 19.3. The van der Waals surface area contributed by atoms with Gasteiger partial charge in [0.1, 0.15) is 5.82 Å². The average Bonchev–Trinajstić information content (AvgIpc) is 2.36. The van der Waals surface area contributed by atoms with Crippen LogP contribution in [0.3, 0.4) is 0 Å². The van der Waals surface area contributed by atoms with E-state index in [1.54, 1.807) is 0 Å². The number of hydrogen-bond acceptors (Lipinski definition) is 3. The highest BCUT2D eigenvalue weighted by Gasteiger charge is 2.42. The number of amides is 1. The fourth-order valence-electron chi connectivity index (χ4n) is 1.18. The summed E-state index contributed by atoms with van der Waals surface area (Å²) in [6.07, 6.45) is -3.73. The van der Waals surface area contributed by atoms with Gasteiger partial charge in [0.25, 0.3) is 0 Å². The van der Waals surface area contributed by atoms with Gasteiger partial charge in [0, 0.05) is 13.7 Å². The van der Waals surface area contributed by atoms with Crippen LogP contribution in [0.2, 0.25) is 0 Å². The van der Waals surface area contributed by atoms with Crippen molar-refractivity contribution in [2.75, 3.05) is 7.11 Å². The van der Waals surface area contributed by atoms with Crippen molar-refractivity contribution in [2.45, 2.75) is 18.7 Å². The maximum Gasteiger partial charge on any atom is 0.379 e. The topological polar surface area (TPSA) is 64.3 Å². The van der Waals surface area contributed by atoms with Crippen molar-refractivity contribution in [2.24, 2.45) is 5.73 Å². The quantitative estimate of drug-likeness (QED) is 0.832. The average molecular weight is 262 g/mol. The second kappa shape index (κ2) is 5.83. The molecule has 0 aliphatic heterocycles. The Morgan fingerprint density at radius 2 is 2.00 bits per heavy atom. The Labute approximate surface area is 102 Å². The number of ether oxygens (including phenoxy) is 1. The van der Waals surface area contributed by atoms with E-state index in [1.165, 1.54) is 24.3 Å². The van der Waals surface area contributed by atoms with Gasteiger partial charge in [0.15, 0.2) is 6.04 Å². The van der Waals surface area contributed by atoms with Crippen LogP contribution in [0.4, 0.5) is 13.2 Å². The molecule has 1 amide bonds. The van der Waals surface area contributed by atoms with Crippen LogP contribution in [0.15, 0.2) is 24.3 Å². The molecule has 0 fully saturated rings. The third kappa shape index (κ3) is 3.71. The first-order chi connectivity index (χ1) is 8.36. The summed E-state index contributed by atoms with van der Waals surface area (Å²) in [7, 11) is 0.757. The number of alkyl halides is 2. The summed E-state index contributed by atoms with van der Waals surface area (Å²) in [5.41, 5.74) is 5.61. The third-order valence-electron chi connectivity index (χ3n) is 2.30. The zero-order valence-corrected chi connectivity index (χ0v) is 9.62. The monoisotopic (exact) mass is 262 g/mol. The van der Waals surface area contributed by atoms with Crippen LogP contribution in [-0.2, 0) is 16.1 Å². The Balaban J connectivity index is 2.53. The number of methoxy groups -OCH3 is 1. The maximum atomic E-state index is 12.9. The second-order valence-corrected chi connectivity index (χ2v) is 3.59. The van der Waals surface area contributed by atoms with Crippen LogP contribution in [0.25, 0.3) is 0 Å². The van der Waals surface area contributed by atoms with Gasteiger partial charge < -0.3 is 15.8 Å². The van der Waals surface area contributed by atoms with E-state index in [9.17, 15) is 18.0 Å². The lowest BCUT2D eigenvalue weighted by molar-refractivity contribution is -0.232. The van der Waals surface area contributed by atoms with Gasteiger partial charge in [-0.3, -0.25) is 4.79 Å². The summed E-state index contributed by atoms with van der Waals surface area (Å²) in [5, 5.41) is 2.21. The highest BCUT2D eigenvalue weighted by Crippen LogP contribution is 2.17. The number of rotatable bonds is 5. The first-order valence-corrected chi connectivity index (χ1v) is 5.07. The van der Waals surface area contributed by atoms with Gasteiger partial charge in [-0.2, -0.15) is 8.78 Å². The molecule has 0 bridgehead atoms.